The Bertz CT molecular complexity index is 1220. The Kier molecular flexibility index (Phi) is 0.207. The van der Waals surface area contributed by atoms with Gasteiger partial charge >= 0.3 is 102 Å². The van der Waals surface area contributed by atoms with Gasteiger partial charge in [-0.25, -0.2) is 0 Å². The SMILES string of the molecule is C#C[C]12[CH]3[CH]4[CH]5[C]1(c1ccccc1)[Fe]43521678[CH]2[CH]1[CH]6[CH]7[CH]28. The van der Waals surface area contributed by atoms with Crippen molar-refractivity contribution in [1.29, 1.82) is 0 Å². The standard InChI is InChI=1S/C13H9.C5H5.Fe/c1-2-11-9-6-10-13(11)12-7-4-3-5-8-12;1-2-4-5-3-1;/h1,3-10H;1-5H;. The summed E-state index contributed by atoms with van der Waals surface area (Å²) >= 11 is 0. The van der Waals surface area contributed by atoms with Crippen LogP contribution in [0.15, 0.2) is 30.3 Å². The predicted octanol–water partition coefficient (Wildman–Crippen LogP) is 4.49. The van der Waals surface area contributed by atoms with E-state index in [0.29, 0.717) is 8.63 Å². The first-order valence-electron chi connectivity index (χ1n) is 7.85. The third-order valence-electron chi connectivity index (χ3n) is 16.3. The Labute approximate surface area is 102 Å². The summed E-state index contributed by atoms with van der Waals surface area (Å²) < 4.78 is 1.26. The van der Waals surface area contributed by atoms with Gasteiger partial charge < -0.3 is 0 Å². The molecular formula is C18H14Fe. The molecule has 0 N–H and O–H groups in total. The summed E-state index contributed by atoms with van der Waals surface area (Å²) in [5, 5.41) is 0. The molecule has 94 valence electrons. The second kappa shape index (κ2) is 0.576. The first-order valence-corrected chi connectivity index (χ1v) is 14.1. The monoisotopic (exact) mass is 286 g/mol. The molecule has 5 atom stereocenters. The van der Waals surface area contributed by atoms with Gasteiger partial charge in [0.1, 0.15) is 0 Å². The molecule has 0 nitrogen and oxygen atoms in total. The van der Waals surface area contributed by atoms with Crippen LogP contribution in [0.4, 0.5) is 0 Å². The van der Waals surface area contributed by atoms with Crippen molar-refractivity contribution < 1.29 is 6.51 Å². The molecule has 10 aliphatic rings. The number of hydrogen-bond donors (Lipinski definition) is 0. The van der Waals surface area contributed by atoms with E-state index in [-0.39, 0.29) is 0 Å². The zero-order valence-corrected chi connectivity index (χ0v) is 11.5. The van der Waals surface area contributed by atoms with Crippen LogP contribution in [0.3, 0.4) is 0 Å². The number of hydrogen-bond acceptors (Lipinski definition) is 0. The molecule has 10 aliphatic heterocycles. The van der Waals surface area contributed by atoms with Crippen LogP contribution < -0.4 is 0 Å². The van der Waals surface area contributed by atoms with Gasteiger partial charge in [-0.15, -0.1) is 0 Å². The second-order valence-corrected chi connectivity index (χ2v) is 34.5. The maximum atomic E-state index is 6.31. The Balaban J connectivity index is 1.64. The van der Waals surface area contributed by atoms with Crippen LogP contribution in [-0.4, -0.2) is 0 Å². The van der Waals surface area contributed by atoms with E-state index in [2.05, 4.69) is 36.3 Å². The molecule has 0 radical (unpaired) electrons. The van der Waals surface area contributed by atoms with Crippen LogP contribution in [0.5, 0.6) is 0 Å². The van der Waals surface area contributed by atoms with Crippen molar-refractivity contribution in [3.8, 4) is 12.3 Å². The van der Waals surface area contributed by atoms with Gasteiger partial charge in [0.15, 0.2) is 0 Å². The minimum absolute atomic E-state index is 0.563. The van der Waals surface area contributed by atoms with E-state index >= 15 is 0 Å². The van der Waals surface area contributed by atoms with Gasteiger partial charge in [0.2, 0.25) is 0 Å². The van der Waals surface area contributed by atoms with E-state index in [1.54, 1.807) is 5.56 Å². The molecule has 1 aromatic carbocycles. The van der Waals surface area contributed by atoms with Crippen LogP contribution in [0.2, 0.25) is 42.8 Å². The number of fused-ring (bicyclic) bond motifs is 10. The van der Waals surface area contributed by atoms with Gasteiger partial charge in [0.05, 0.1) is 0 Å². The van der Waals surface area contributed by atoms with Crippen molar-refractivity contribution in [2.75, 3.05) is 0 Å². The summed E-state index contributed by atoms with van der Waals surface area (Å²) in [6.07, 6.45) is 6.31. The van der Waals surface area contributed by atoms with E-state index in [9.17, 15) is 0 Å². The zero-order valence-electron chi connectivity index (χ0n) is 10.4. The molecule has 10 fully saturated rings. The topological polar surface area (TPSA) is 0 Å². The fourth-order valence-electron chi connectivity index (χ4n) is 18.5. The Hall–Kier alpha value is -0.701. The van der Waals surface area contributed by atoms with Crippen molar-refractivity contribution >= 4 is 0 Å². The quantitative estimate of drug-likeness (QED) is 0.527. The van der Waals surface area contributed by atoms with E-state index in [0.717, 1.165) is 0 Å². The Morgan fingerprint density at radius 2 is 1.53 bits per heavy atom. The molecule has 19 heavy (non-hydrogen) atoms. The van der Waals surface area contributed by atoms with Crippen molar-refractivity contribution in [1.82, 2.24) is 0 Å². The third kappa shape index (κ3) is 0.0684. The summed E-state index contributed by atoms with van der Waals surface area (Å²) in [7, 11) is 0. The van der Waals surface area contributed by atoms with Crippen molar-refractivity contribution in [2.24, 2.45) is 0 Å². The fraction of sp³-hybridized carbons (Fsp3) is 0.556. The zero-order chi connectivity index (χ0) is 11.8. The number of terminal acetylenes is 1. The predicted molar refractivity (Wildman–Crippen MR) is 69.6 cm³/mol. The number of benzene rings is 1. The normalized spacial score (nSPS) is 111. The minimum atomic E-state index is -3.26. The molecule has 10 saturated heterocycles. The molecule has 0 bridgehead atoms. The summed E-state index contributed by atoms with van der Waals surface area (Å²) in [6, 6.07) is 11.7. The van der Waals surface area contributed by atoms with Crippen LogP contribution in [0, 0.1) is 12.3 Å². The molecule has 0 amide bonds. The first kappa shape index (κ1) is 6.84. The molecule has 1 spiro atoms. The summed E-state index contributed by atoms with van der Waals surface area (Å²) in [4.78, 5) is 10.3. The Morgan fingerprint density at radius 1 is 0.895 bits per heavy atom. The van der Waals surface area contributed by atoms with Gasteiger partial charge in [0.25, 0.3) is 0 Å². The third-order valence-corrected chi connectivity index (χ3v) is 58.9. The van der Waals surface area contributed by atoms with Crippen molar-refractivity contribution in [3.05, 3.63) is 35.9 Å². The second-order valence-electron chi connectivity index (χ2n) is 11.3. The molecule has 10 heterocycles. The molecule has 0 saturated carbocycles. The van der Waals surface area contributed by atoms with Gasteiger partial charge in [-0.1, -0.05) is 0 Å². The number of rotatable bonds is 1. The van der Waals surface area contributed by atoms with Crippen LogP contribution in [-0.2, 0) is 10.8 Å². The van der Waals surface area contributed by atoms with Gasteiger partial charge in [0, 0.05) is 0 Å². The summed E-state index contributed by atoms with van der Waals surface area (Å²) in [5.41, 5.74) is 1.74. The van der Waals surface area contributed by atoms with Gasteiger partial charge in [-0.05, 0) is 0 Å². The average molecular weight is 286 g/mol. The molecule has 5 unspecified atom stereocenters. The molecule has 0 aliphatic carbocycles. The van der Waals surface area contributed by atoms with Crippen LogP contribution in [0.25, 0.3) is 0 Å². The molecule has 0 aromatic heterocycles. The van der Waals surface area contributed by atoms with E-state index in [4.69, 9.17) is 6.42 Å². The summed E-state index contributed by atoms with van der Waals surface area (Å²) in [6.45, 7) is -3.26. The van der Waals surface area contributed by atoms with Gasteiger partial charge in [-0.2, -0.15) is 0 Å². The molecule has 1 heteroatoms. The molecule has 11 rings (SSSR count). The maximum absolute atomic E-state index is 6.31. The Morgan fingerprint density at radius 3 is 1.95 bits per heavy atom. The molecular weight excluding hydrogens is 272 g/mol. The van der Waals surface area contributed by atoms with Crippen LogP contribution >= 0.6 is 0 Å². The van der Waals surface area contributed by atoms with E-state index in [1.165, 1.54) is 38.5 Å². The average Bonchev–Trinajstić information content (AvgIpc) is 3.40. The fourth-order valence-corrected chi connectivity index (χ4v) is 93.5. The van der Waals surface area contributed by atoms with E-state index < -0.39 is 6.51 Å². The van der Waals surface area contributed by atoms with Crippen LogP contribution in [0.1, 0.15) is 5.56 Å². The van der Waals surface area contributed by atoms with Crippen molar-refractivity contribution in [3.63, 3.8) is 0 Å². The summed E-state index contributed by atoms with van der Waals surface area (Å²) in [5.74, 6) is 3.59. The van der Waals surface area contributed by atoms with Gasteiger partial charge in [-0.3, -0.25) is 0 Å². The van der Waals surface area contributed by atoms with Crippen molar-refractivity contribution in [2.45, 2.75) is 47.2 Å². The first-order chi connectivity index (χ1) is 9.10. The molecule has 1 aromatic rings. The van der Waals surface area contributed by atoms with E-state index in [1.807, 2.05) is 0 Å².